The number of rotatable bonds is 2. The van der Waals surface area contributed by atoms with Crippen LogP contribution in [0.25, 0.3) is 6.08 Å². The summed E-state index contributed by atoms with van der Waals surface area (Å²) in [5, 5.41) is 3.16. The van der Waals surface area contributed by atoms with E-state index in [0.717, 1.165) is 11.3 Å². The third-order valence-electron chi connectivity index (χ3n) is 3.48. The van der Waals surface area contributed by atoms with Crippen LogP contribution in [0.3, 0.4) is 0 Å². The highest BCUT2D eigenvalue weighted by molar-refractivity contribution is 6.17. The highest BCUT2D eigenvalue weighted by Gasteiger charge is 2.26. The second-order valence-corrected chi connectivity index (χ2v) is 5.23. The van der Waals surface area contributed by atoms with Crippen LogP contribution in [0.5, 0.6) is 0 Å². The van der Waals surface area contributed by atoms with E-state index in [1.54, 1.807) is 13.1 Å². The zero-order valence-electron chi connectivity index (χ0n) is 12.6. The van der Waals surface area contributed by atoms with Gasteiger partial charge >= 0.3 is 0 Å². The Morgan fingerprint density at radius 3 is 2.41 bits per heavy atom. The number of aryl methyl sites for hydroxylation is 1. The van der Waals surface area contributed by atoms with E-state index in [9.17, 15) is 4.79 Å². The van der Waals surface area contributed by atoms with Crippen LogP contribution in [0.15, 0.2) is 65.3 Å². The zero-order chi connectivity index (χ0) is 15.5. The molecule has 1 N–H and O–H groups in total. The summed E-state index contributed by atoms with van der Waals surface area (Å²) in [7, 11) is 1.72. The van der Waals surface area contributed by atoms with Gasteiger partial charge in [0, 0.05) is 12.7 Å². The third kappa shape index (κ3) is 2.91. The van der Waals surface area contributed by atoms with Gasteiger partial charge in [-0.05, 0) is 30.7 Å². The van der Waals surface area contributed by atoms with E-state index in [2.05, 4.69) is 10.3 Å². The van der Waals surface area contributed by atoms with Crippen molar-refractivity contribution in [3.63, 3.8) is 0 Å². The first-order chi connectivity index (χ1) is 10.6. The molecule has 3 rings (SSSR count). The van der Waals surface area contributed by atoms with Crippen molar-refractivity contribution in [2.45, 2.75) is 6.92 Å². The van der Waals surface area contributed by atoms with Crippen molar-refractivity contribution in [3.05, 3.63) is 71.4 Å². The zero-order valence-corrected chi connectivity index (χ0v) is 12.6. The molecule has 0 aliphatic carbocycles. The molecule has 0 atom stereocenters. The first-order valence-corrected chi connectivity index (χ1v) is 7.11. The number of aliphatic imine (C=N–C) groups is 1. The molecule has 22 heavy (non-hydrogen) atoms. The number of amides is 1. The quantitative estimate of drug-likeness (QED) is 0.863. The molecule has 2 aromatic rings. The molecule has 4 heteroatoms. The Kier molecular flexibility index (Phi) is 3.74. The minimum Gasteiger partial charge on any atom is -0.326 e. The van der Waals surface area contributed by atoms with Crippen LogP contribution in [0.1, 0.15) is 11.1 Å². The van der Waals surface area contributed by atoms with Gasteiger partial charge in [-0.2, -0.15) is 0 Å². The number of nitrogens with one attached hydrogen (secondary N) is 1. The molecule has 1 amide bonds. The van der Waals surface area contributed by atoms with E-state index in [1.165, 1.54) is 10.5 Å². The van der Waals surface area contributed by atoms with Gasteiger partial charge < -0.3 is 5.32 Å². The fourth-order valence-corrected chi connectivity index (χ4v) is 2.18. The first kappa shape index (κ1) is 14.1. The lowest BCUT2D eigenvalue weighted by Crippen LogP contribution is -2.32. The van der Waals surface area contributed by atoms with Crippen molar-refractivity contribution in [3.8, 4) is 0 Å². The smallest absolute Gasteiger partial charge is 0.279 e. The number of benzene rings is 2. The molecule has 1 aliphatic heterocycles. The topological polar surface area (TPSA) is 44.7 Å². The molecule has 0 fully saturated rings. The maximum absolute atomic E-state index is 12.3. The fourth-order valence-electron chi connectivity index (χ4n) is 2.18. The number of carbonyl (C=O) groups excluding carboxylic acids is 1. The largest absolute Gasteiger partial charge is 0.326 e. The van der Waals surface area contributed by atoms with E-state index >= 15 is 0 Å². The molecule has 110 valence electrons. The Morgan fingerprint density at radius 2 is 1.73 bits per heavy atom. The molecule has 0 saturated heterocycles. The van der Waals surface area contributed by atoms with Gasteiger partial charge in [-0.25, -0.2) is 4.99 Å². The summed E-state index contributed by atoms with van der Waals surface area (Å²) < 4.78 is 0. The van der Waals surface area contributed by atoms with E-state index in [1.807, 2.05) is 61.5 Å². The molecule has 4 nitrogen and oxygen atoms in total. The van der Waals surface area contributed by atoms with Gasteiger partial charge in [0.25, 0.3) is 5.91 Å². The summed E-state index contributed by atoms with van der Waals surface area (Å²) in [6.07, 6.45) is 1.80. The number of para-hydroxylation sites is 1. The number of anilines is 1. The summed E-state index contributed by atoms with van der Waals surface area (Å²) in [6, 6.07) is 17.7. The van der Waals surface area contributed by atoms with Gasteiger partial charge in [0.15, 0.2) is 0 Å². The normalized spacial score (nSPS) is 16.1. The molecular weight excluding hydrogens is 274 g/mol. The second kappa shape index (κ2) is 5.85. The minimum absolute atomic E-state index is 0.112. The van der Waals surface area contributed by atoms with E-state index in [-0.39, 0.29) is 5.91 Å². The van der Waals surface area contributed by atoms with Crippen molar-refractivity contribution in [2.24, 2.45) is 4.99 Å². The summed E-state index contributed by atoms with van der Waals surface area (Å²) >= 11 is 0. The number of guanidine groups is 1. The molecular formula is C18H17N3O. The number of carbonyl (C=O) groups is 1. The predicted molar refractivity (Wildman–Crippen MR) is 89.4 cm³/mol. The Bertz CT molecular complexity index is 746. The average Bonchev–Trinajstić information content (AvgIpc) is 2.79. The first-order valence-electron chi connectivity index (χ1n) is 7.11. The Hall–Kier alpha value is -2.88. The van der Waals surface area contributed by atoms with Crippen LogP contribution in [-0.2, 0) is 4.79 Å². The fraction of sp³-hybridized carbons (Fsp3) is 0.111. The van der Waals surface area contributed by atoms with Gasteiger partial charge in [-0.3, -0.25) is 9.69 Å². The lowest BCUT2D eigenvalue weighted by Gasteiger charge is -2.13. The van der Waals surface area contributed by atoms with Crippen LogP contribution in [0, 0.1) is 6.92 Å². The molecule has 0 aromatic heterocycles. The monoisotopic (exact) mass is 291 g/mol. The number of hydrogen-bond acceptors (Lipinski definition) is 3. The Morgan fingerprint density at radius 1 is 1.05 bits per heavy atom. The molecule has 2 aromatic carbocycles. The molecule has 0 radical (unpaired) electrons. The SMILES string of the molecule is Cc1ccc(/C=C2\N=C(Nc3ccccc3)N(C)C2=O)cc1. The molecule has 1 heterocycles. The summed E-state index contributed by atoms with van der Waals surface area (Å²) in [5.74, 6) is 0.425. The highest BCUT2D eigenvalue weighted by atomic mass is 16.2. The van der Waals surface area contributed by atoms with Gasteiger partial charge in [0.1, 0.15) is 5.70 Å². The Balaban J connectivity index is 1.86. The summed E-state index contributed by atoms with van der Waals surface area (Å²) in [6.45, 7) is 2.03. The maximum Gasteiger partial charge on any atom is 0.279 e. The lowest BCUT2D eigenvalue weighted by molar-refractivity contribution is -0.121. The van der Waals surface area contributed by atoms with Crippen molar-refractivity contribution in [1.29, 1.82) is 0 Å². The van der Waals surface area contributed by atoms with Crippen LogP contribution in [-0.4, -0.2) is 23.8 Å². The van der Waals surface area contributed by atoms with Gasteiger partial charge in [0.05, 0.1) is 0 Å². The van der Waals surface area contributed by atoms with Crippen LogP contribution in [0.4, 0.5) is 5.69 Å². The summed E-state index contributed by atoms with van der Waals surface area (Å²) in [4.78, 5) is 18.2. The standard InChI is InChI=1S/C18H17N3O/c1-13-8-10-14(11-9-13)12-16-17(22)21(2)18(20-16)19-15-6-4-3-5-7-15/h3-12H,1-2H3,(H,19,20)/b16-12-. The highest BCUT2D eigenvalue weighted by Crippen LogP contribution is 2.18. The van der Waals surface area contributed by atoms with Crippen molar-refractivity contribution >= 4 is 23.6 Å². The van der Waals surface area contributed by atoms with Crippen LogP contribution < -0.4 is 5.32 Å². The lowest BCUT2D eigenvalue weighted by atomic mass is 10.1. The van der Waals surface area contributed by atoms with Crippen molar-refractivity contribution in [2.75, 3.05) is 12.4 Å². The van der Waals surface area contributed by atoms with Gasteiger partial charge in [0.2, 0.25) is 5.96 Å². The van der Waals surface area contributed by atoms with E-state index < -0.39 is 0 Å². The molecule has 1 aliphatic rings. The molecule has 0 saturated carbocycles. The average molecular weight is 291 g/mol. The number of nitrogens with zero attached hydrogens (tertiary/aromatic N) is 2. The van der Waals surface area contributed by atoms with Gasteiger partial charge in [-0.1, -0.05) is 48.0 Å². The third-order valence-corrected chi connectivity index (χ3v) is 3.48. The van der Waals surface area contributed by atoms with Crippen molar-refractivity contribution < 1.29 is 4.79 Å². The number of likely N-dealkylation sites (N-methyl/N-ethyl adjacent to an activating group) is 1. The maximum atomic E-state index is 12.3. The Labute approximate surface area is 129 Å². The predicted octanol–water partition coefficient (Wildman–Crippen LogP) is 3.28. The van der Waals surface area contributed by atoms with E-state index in [4.69, 9.17) is 0 Å². The molecule has 0 bridgehead atoms. The van der Waals surface area contributed by atoms with Gasteiger partial charge in [-0.15, -0.1) is 0 Å². The van der Waals surface area contributed by atoms with Crippen LogP contribution >= 0.6 is 0 Å². The molecule has 0 spiro atoms. The van der Waals surface area contributed by atoms with E-state index in [0.29, 0.717) is 11.7 Å². The number of hydrogen-bond donors (Lipinski definition) is 1. The summed E-state index contributed by atoms with van der Waals surface area (Å²) in [5.41, 5.74) is 3.49. The van der Waals surface area contributed by atoms with Crippen LogP contribution in [0.2, 0.25) is 0 Å². The van der Waals surface area contributed by atoms with Crippen molar-refractivity contribution in [1.82, 2.24) is 4.90 Å². The molecule has 0 unspecified atom stereocenters. The second-order valence-electron chi connectivity index (χ2n) is 5.23. The minimum atomic E-state index is -0.112.